The van der Waals surface area contributed by atoms with Crippen LogP contribution in [0, 0.1) is 12.7 Å². The van der Waals surface area contributed by atoms with Crippen molar-refractivity contribution in [3.05, 3.63) is 79.6 Å². The molecule has 0 atom stereocenters. The van der Waals surface area contributed by atoms with Gasteiger partial charge >= 0.3 is 0 Å². The van der Waals surface area contributed by atoms with Crippen LogP contribution < -0.4 is 10.9 Å². The smallest absolute Gasteiger partial charge is 0.255 e. The number of aromatic nitrogens is 2. The van der Waals surface area contributed by atoms with Crippen LogP contribution in [0.3, 0.4) is 0 Å². The molecule has 27 heavy (non-hydrogen) atoms. The number of nitrogens with one attached hydrogen (secondary N) is 2. The molecule has 3 rings (SSSR count). The molecule has 0 spiro atoms. The van der Waals surface area contributed by atoms with Crippen LogP contribution in [0.15, 0.2) is 51.7 Å². The van der Waals surface area contributed by atoms with Crippen molar-refractivity contribution in [3.8, 4) is 0 Å². The molecular formula is C19H18FN3O2S2. The predicted octanol–water partition coefficient (Wildman–Crippen LogP) is 3.43. The highest BCUT2D eigenvalue weighted by Gasteiger charge is 2.13. The standard InChI is InChI=1S/C19H18FN3O2S2/c1-12-16(9-17(24)21-10-15-3-2-8-26-15)18(25)23-19(22-12)27-11-13-4-6-14(20)7-5-13/h2-8H,9-11H2,1H3,(H,21,24)(H,22,23,25). The highest BCUT2D eigenvalue weighted by molar-refractivity contribution is 7.98. The van der Waals surface area contributed by atoms with E-state index in [0.717, 1.165) is 10.4 Å². The van der Waals surface area contributed by atoms with Gasteiger partial charge in [-0.2, -0.15) is 0 Å². The molecule has 0 fully saturated rings. The van der Waals surface area contributed by atoms with Gasteiger partial charge in [-0.25, -0.2) is 9.37 Å². The molecule has 2 N–H and O–H groups in total. The number of hydrogen-bond acceptors (Lipinski definition) is 5. The summed E-state index contributed by atoms with van der Waals surface area (Å²) in [6.45, 7) is 2.17. The molecule has 140 valence electrons. The van der Waals surface area contributed by atoms with Crippen LogP contribution >= 0.6 is 23.1 Å². The van der Waals surface area contributed by atoms with E-state index in [-0.39, 0.29) is 23.7 Å². The lowest BCUT2D eigenvalue weighted by atomic mass is 10.1. The van der Waals surface area contributed by atoms with Gasteiger partial charge in [-0.05, 0) is 36.1 Å². The average molecular weight is 404 g/mol. The van der Waals surface area contributed by atoms with E-state index in [2.05, 4.69) is 15.3 Å². The SMILES string of the molecule is Cc1nc(SCc2ccc(F)cc2)[nH]c(=O)c1CC(=O)NCc1cccs1. The lowest BCUT2D eigenvalue weighted by Crippen LogP contribution is -2.28. The maximum Gasteiger partial charge on any atom is 0.255 e. The van der Waals surface area contributed by atoms with Crippen molar-refractivity contribution < 1.29 is 9.18 Å². The van der Waals surface area contributed by atoms with E-state index in [1.54, 1.807) is 30.4 Å². The molecule has 8 heteroatoms. The van der Waals surface area contributed by atoms with Crippen molar-refractivity contribution in [3.63, 3.8) is 0 Å². The zero-order chi connectivity index (χ0) is 19.2. The lowest BCUT2D eigenvalue weighted by Gasteiger charge is -2.08. The summed E-state index contributed by atoms with van der Waals surface area (Å²) >= 11 is 2.92. The second-order valence-corrected chi connectivity index (χ2v) is 7.88. The highest BCUT2D eigenvalue weighted by atomic mass is 32.2. The minimum atomic E-state index is -0.310. The van der Waals surface area contributed by atoms with Gasteiger partial charge in [-0.3, -0.25) is 9.59 Å². The summed E-state index contributed by atoms with van der Waals surface area (Å²) in [5.74, 6) is 0.0573. The number of carbonyl (C=O) groups is 1. The third-order valence-corrected chi connectivity index (χ3v) is 5.69. The molecule has 0 radical (unpaired) electrons. The number of aryl methyl sites for hydroxylation is 1. The Bertz CT molecular complexity index is 970. The summed E-state index contributed by atoms with van der Waals surface area (Å²) in [5, 5.41) is 5.23. The average Bonchev–Trinajstić information content (AvgIpc) is 3.16. The fourth-order valence-corrected chi connectivity index (χ4v) is 3.92. The van der Waals surface area contributed by atoms with Crippen molar-refractivity contribution in [1.29, 1.82) is 0 Å². The first-order chi connectivity index (χ1) is 13.0. The van der Waals surface area contributed by atoms with Gasteiger partial charge in [0.25, 0.3) is 5.56 Å². The Labute approximate surface area is 164 Å². The largest absolute Gasteiger partial charge is 0.351 e. The Balaban J connectivity index is 1.61. The first-order valence-corrected chi connectivity index (χ1v) is 10.1. The molecule has 0 aliphatic carbocycles. The van der Waals surface area contributed by atoms with E-state index >= 15 is 0 Å². The fraction of sp³-hybridized carbons (Fsp3) is 0.211. The number of hydrogen-bond donors (Lipinski definition) is 2. The molecule has 5 nitrogen and oxygen atoms in total. The van der Waals surface area contributed by atoms with Crippen molar-refractivity contribution in [2.24, 2.45) is 0 Å². The third-order valence-electron chi connectivity index (χ3n) is 3.87. The molecule has 0 saturated carbocycles. The van der Waals surface area contributed by atoms with Gasteiger partial charge in [0.05, 0.1) is 13.0 Å². The third kappa shape index (κ3) is 5.51. The van der Waals surface area contributed by atoms with Crippen LogP contribution in [-0.2, 0) is 23.5 Å². The predicted molar refractivity (Wildman–Crippen MR) is 105 cm³/mol. The minimum absolute atomic E-state index is 0.0115. The van der Waals surface area contributed by atoms with Gasteiger partial charge in [0, 0.05) is 21.9 Å². The van der Waals surface area contributed by atoms with Crippen LogP contribution in [0.2, 0.25) is 0 Å². The Kier molecular flexibility index (Phi) is 6.41. The number of aromatic amines is 1. The van der Waals surface area contributed by atoms with Gasteiger partial charge in [0.15, 0.2) is 5.16 Å². The van der Waals surface area contributed by atoms with Crippen LogP contribution in [0.1, 0.15) is 21.7 Å². The van der Waals surface area contributed by atoms with Crippen molar-refractivity contribution in [2.45, 2.75) is 30.8 Å². The van der Waals surface area contributed by atoms with Gasteiger partial charge in [-0.1, -0.05) is 30.0 Å². The Morgan fingerprint density at radius 2 is 2.07 bits per heavy atom. The van der Waals surface area contributed by atoms with Crippen LogP contribution in [0.25, 0.3) is 0 Å². The fourth-order valence-electron chi connectivity index (χ4n) is 2.42. The first-order valence-electron chi connectivity index (χ1n) is 8.27. The van der Waals surface area contributed by atoms with Gasteiger partial charge in [0.1, 0.15) is 5.82 Å². The molecule has 2 heterocycles. The van der Waals surface area contributed by atoms with Crippen LogP contribution in [-0.4, -0.2) is 15.9 Å². The normalized spacial score (nSPS) is 10.7. The molecule has 3 aromatic rings. The highest BCUT2D eigenvalue weighted by Crippen LogP contribution is 2.19. The number of rotatable bonds is 7. The molecule has 1 aromatic carbocycles. The summed E-state index contributed by atoms with van der Waals surface area (Å²) in [6.07, 6.45) is -0.0115. The zero-order valence-electron chi connectivity index (χ0n) is 14.6. The number of amides is 1. The monoisotopic (exact) mass is 403 g/mol. The number of H-pyrrole nitrogens is 1. The zero-order valence-corrected chi connectivity index (χ0v) is 16.3. The van der Waals surface area contributed by atoms with Gasteiger partial charge in [-0.15, -0.1) is 11.3 Å². The van der Waals surface area contributed by atoms with Crippen LogP contribution in [0.4, 0.5) is 4.39 Å². The van der Waals surface area contributed by atoms with Crippen molar-refractivity contribution in [2.75, 3.05) is 0 Å². The van der Waals surface area contributed by atoms with Crippen molar-refractivity contribution >= 4 is 29.0 Å². The topological polar surface area (TPSA) is 74.8 Å². The maximum absolute atomic E-state index is 12.9. The molecular weight excluding hydrogens is 385 g/mol. The number of benzene rings is 1. The van der Waals surface area contributed by atoms with Gasteiger partial charge < -0.3 is 10.3 Å². The lowest BCUT2D eigenvalue weighted by molar-refractivity contribution is -0.120. The Hall–Kier alpha value is -2.45. The maximum atomic E-state index is 12.9. The second kappa shape index (κ2) is 8.96. The molecule has 0 saturated heterocycles. The van der Waals surface area contributed by atoms with Crippen molar-refractivity contribution in [1.82, 2.24) is 15.3 Å². The summed E-state index contributed by atoms with van der Waals surface area (Å²) < 4.78 is 12.9. The molecule has 0 bridgehead atoms. The molecule has 0 aliphatic heterocycles. The molecule has 2 aromatic heterocycles. The summed E-state index contributed by atoms with van der Waals surface area (Å²) in [7, 11) is 0. The summed E-state index contributed by atoms with van der Waals surface area (Å²) in [4.78, 5) is 32.6. The number of carbonyl (C=O) groups excluding carboxylic acids is 1. The molecule has 0 unspecified atom stereocenters. The number of nitrogens with zero attached hydrogens (tertiary/aromatic N) is 1. The Morgan fingerprint density at radius 1 is 1.30 bits per heavy atom. The first kappa shape index (κ1) is 19.3. The van der Waals surface area contributed by atoms with Gasteiger partial charge in [0.2, 0.25) is 5.91 Å². The summed E-state index contributed by atoms with van der Waals surface area (Å²) in [5.41, 5.74) is 1.52. The van der Waals surface area contributed by atoms with E-state index in [0.29, 0.717) is 28.7 Å². The second-order valence-electron chi connectivity index (χ2n) is 5.88. The number of thiophene rings is 1. The summed E-state index contributed by atoms with van der Waals surface area (Å²) in [6, 6.07) is 10.1. The van der Waals surface area contributed by atoms with Crippen LogP contribution in [0.5, 0.6) is 0 Å². The van der Waals surface area contributed by atoms with E-state index in [1.165, 1.54) is 23.9 Å². The molecule has 0 aliphatic rings. The van der Waals surface area contributed by atoms with E-state index < -0.39 is 0 Å². The van der Waals surface area contributed by atoms with E-state index in [9.17, 15) is 14.0 Å². The van der Waals surface area contributed by atoms with E-state index in [4.69, 9.17) is 0 Å². The quantitative estimate of drug-likeness (QED) is 0.468. The number of halogens is 1. The van der Waals surface area contributed by atoms with E-state index in [1.807, 2.05) is 17.5 Å². The Morgan fingerprint density at radius 3 is 2.74 bits per heavy atom. The number of thioether (sulfide) groups is 1. The molecule has 1 amide bonds. The minimum Gasteiger partial charge on any atom is -0.351 e.